The maximum Gasteiger partial charge on any atom is 0.185 e. The molecule has 150 valence electrons. The van der Waals surface area contributed by atoms with Crippen LogP contribution in [-0.4, -0.2) is 34.5 Å². The topological polar surface area (TPSA) is 81.1 Å². The second-order valence-electron chi connectivity index (χ2n) is 7.73. The van der Waals surface area contributed by atoms with Gasteiger partial charge in [-0.1, -0.05) is 30.3 Å². The summed E-state index contributed by atoms with van der Waals surface area (Å²) in [6, 6.07) is 17.7. The Morgan fingerprint density at radius 3 is 2.48 bits per heavy atom. The molecule has 31 heavy (non-hydrogen) atoms. The van der Waals surface area contributed by atoms with Crippen LogP contribution in [0.5, 0.6) is 5.75 Å². The van der Waals surface area contributed by atoms with Gasteiger partial charge in [-0.2, -0.15) is 5.10 Å². The van der Waals surface area contributed by atoms with Gasteiger partial charge in [-0.15, -0.1) is 5.10 Å². The number of nitrogens with zero attached hydrogens (tertiary/aromatic N) is 6. The van der Waals surface area contributed by atoms with Crippen molar-refractivity contribution in [3.05, 3.63) is 78.2 Å². The van der Waals surface area contributed by atoms with Crippen molar-refractivity contribution >= 4 is 27.5 Å². The first-order chi connectivity index (χ1) is 15.1. The summed E-state index contributed by atoms with van der Waals surface area (Å²) < 4.78 is 3.43. The number of hydrogen-bond donors (Lipinski definition) is 1. The van der Waals surface area contributed by atoms with Crippen molar-refractivity contribution in [1.29, 1.82) is 0 Å². The number of fused-ring (bicyclic) bond motifs is 4. The molecule has 1 N–H and O–H groups in total. The quantitative estimate of drug-likeness (QED) is 0.454. The minimum Gasteiger partial charge on any atom is -0.507 e. The first-order valence-corrected chi connectivity index (χ1v) is 9.97. The van der Waals surface area contributed by atoms with Gasteiger partial charge in [0.25, 0.3) is 0 Å². The van der Waals surface area contributed by atoms with E-state index in [4.69, 9.17) is 4.98 Å². The summed E-state index contributed by atoms with van der Waals surface area (Å²) in [7, 11) is 0. The standard InChI is InChI=1S/C24H18N6O/c1-14-7-8-18(9-15(14)2)30-23-20(12-26-30)24-27-22(28-29(24)13-25-23)19-10-16-5-3-4-6-17(16)11-21(19)31/h3-13,31H,1-2H3. The first kappa shape index (κ1) is 17.6. The van der Waals surface area contributed by atoms with Crippen LogP contribution in [0.3, 0.4) is 0 Å². The Hall–Kier alpha value is -4.26. The van der Waals surface area contributed by atoms with Gasteiger partial charge in [-0.3, -0.25) is 0 Å². The van der Waals surface area contributed by atoms with Gasteiger partial charge in [0.2, 0.25) is 0 Å². The Bertz CT molecular complexity index is 1630. The molecule has 7 heteroatoms. The third-order valence-electron chi connectivity index (χ3n) is 5.75. The Morgan fingerprint density at radius 1 is 0.871 bits per heavy atom. The van der Waals surface area contributed by atoms with E-state index in [9.17, 15) is 5.11 Å². The molecule has 0 atom stereocenters. The number of hydrogen-bond acceptors (Lipinski definition) is 5. The van der Waals surface area contributed by atoms with Gasteiger partial charge in [0, 0.05) is 0 Å². The van der Waals surface area contributed by atoms with Crippen LogP contribution in [0.15, 0.2) is 67.1 Å². The lowest BCUT2D eigenvalue weighted by atomic mass is 10.1. The molecule has 0 saturated carbocycles. The van der Waals surface area contributed by atoms with Gasteiger partial charge in [-0.05, 0) is 60.0 Å². The third-order valence-corrected chi connectivity index (χ3v) is 5.75. The Labute approximate surface area is 177 Å². The van der Waals surface area contributed by atoms with Crippen LogP contribution in [0.25, 0.3) is 44.5 Å². The van der Waals surface area contributed by atoms with E-state index < -0.39 is 0 Å². The van der Waals surface area contributed by atoms with E-state index in [2.05, 4.69) is 41.2 Å². The minimum atomic E-state index is 0.143. The molecule has 0 fully saturated rings. The number of aromatic nitrogens is 6. The molecular weight excluding hydrogens is 388 g/mol. The molecule has 0 unspecified atom stereocenters. The smallest absolute Gasteiger partial charge is 0.185 e. The molecule has 7 nitrogen and oxygen atoms in total. The summed E-state index contributed by atoms with van der Waals surface area (Å²) in [5.74, 6) is 0.584. The number of phenolic OH excluding ortho intramolecular Hbond substituents is 1. The molecule has 0 amide bonds. The summed E-state index contributed by atoms with van der Waals surface area (Å²) in [4.78, 5) is 9.29. The van der Waals surface area contributed by atoms with Crippen molar-refractivity contribution in [2.24, 2.45) is 0 Å². The molecule has 0 bridgehead atoms. The Morgan fingerprint density at radius 2 is 1.68 bits per heavy atom. The molecule has 0 aliphatic carbocycles. The molecular formula is C24H18N6O. The maximum atomic E-state index is 10.6. The fourth-order valence-electron chi connectivity index (χ4n) is 3.89. The molecule has 3 aromatic heterocycles. The van der Waals surface area contributed by atoms with Crippen LogP contribution in [0.1, 0.15) is 11.1 Å². The van der Waals surface area contributed by atoms with Crippen molar-refractivity contribution in [2.75, 3.05) is 0 Å². The molecule has 3 heterocycles. The molecule has 0 spiro atoms. The van der Waals surface area contributed by atoms with Crippen LogP contribution in [0, 0.1) is 13.8 Å². The third kappa shape index (κ3) is 2.67. The van der Waals surface area contributed by atoms with Crippen molar-refractivity contribution in [3.8, 4) is 22.8 Å². The Kier molecular flexibility index (Phi) is 3.61. The van der Waals surface area contributed by atoms with Gasteiger partial charge in [-0.25, -0.2) is 19.2 Å². The molecule has 0 aliphatic rings. The highest BCUT2D eigenvalue weighted by Crippen LogP contribution is 2.32. The number of rotatable bonds is 2. The lowest BCUT2D eigenvalue weighted by molar-refractivity contribution is 0.477. The number of aromatic hydroxyl groups is 1. The van der Waals surface area contributed by atoms with Crippen molar-refractivity contribution < 1.29 is 5.11 Å². The number of aryl methyl sites for hydroxylation is 2. The molecule has 0 saturated heterocycles. The first-order valence-electron chi connectivity index (χ1n) is 9.97. The highest BCUT2D eigenvalue weighted by molar-refractivity contribution is 5.92. The van der Waals surface area contributed by atoms with E-state index in [1.54, 1.807) is 23.1 Å². The van der Waals surface area contributed by atoms with Crippen LogP contribution in [0.4, 0.5) is 0 Å². The number of benzene rings is 3. The zero-order valence-corrected chi connectivity index (χ0v) is 17.0. The van der Waals surface area contributed by atoms with Gasteiger partial charge < -0.3 is 5.11 Å². The molecule has 0 aliphatic heterocycles. The zero-order valence-electron chi connectivity index (χ0n) is 17.0. The normalized spacial score (nSPS) is 11.7. The van der Waals surface area contributed by atoms with Crippen LogP contribution >= 0.6 is 0 Å². The fraction of sp³-hybridized carbons (Fsp3) is 0.0833. The van der Waals surface area contributed by atoms with Crippen LogP contribution in [0.2, 0.25) is 0 Å². The lowest BCUT2D eigenvalue weighted by Gasteiger charge is -2.06. The lowest BCUT2D eigenvalue weighted by Crippen LogP contribution is -1.99. The van der Waals surface area contributed by atoms with Crippen molar-refractivity contribution in [2.45, 2.75) is 13.8 Å². The average molecular weight is 406 g/mol. The largest absolute Gasteiger partial charge is 0.507 e. The van der Waals surface area contributed by atoms with Gasteiger partial charge in [0.1, 0.15) is 12.1 Å². The van der Waals surface area contributed by atoms with E-state index in [1.165, 1.54) is 11.1 Å². The van der Waals surface area contributed by atoms with E-state index in [-0.39, 0.29) is 5.75 Å². The molecule has 0 radical (unpaired) electrons. The number of phenols is 1. The van der Waals surface area contributed by atoms with E-state index in [0.29, 0.717) is 22.7 Å². The van der Waals surface area contributed by atoms with Gasteiger partial charge in [0.05, 0.1) is 22.8 Å². The van der Waals surface area contributed by atoms with Crippen LogP contribution in [-0.2, 0) is 0 Å². The minimum absolute atomic E-state index is 0.143. The van der Waals surface area contributed by atoms with E-state index in [0.717, 1.165) is 21.8 Å². The summed E-state index contributed by atoms with van der Waals surface area (Å²) in [6.07, 6.45) is 3.39. The second kappa shape index (κ2) is 6.37. The summed E-state index contributed by atoms with van der Waals surface area (Å²) in [5, 5.41) is 22.5. The maximum absolute atomic E-state index is 10.6. The van der Waals surface area contributed by atoms with Crippen molar-refractivity contribution in [1.82, 2.24) is 29.4 Å². The monoisotopic (exact) mass is 406 g/mol. The summed E-state index contributed by atoms with van der Waals surface area (Å²) in [5.41, 5.74) is 5.30. The predicted octanol–water partition coefficient (Wildman–Crippen LogP) is 4.61. The molecule has 6 aromatic rings. The van der Waals surface area contributed by atoms with Crippen molar-refractivity contribution in [3.63, 3.8) is 0 Å². The van der Waals surface area contributed by atoms with Gasteiger partial charge in [0.15, 0.2) is 17.1 Å². The van der Waals surface area contributed by atoms with Crippen LogP contribution < -0.4 is 0 Å². The SMILES string of the molecule is Cc1ccc(-n2ncc3c2ncn2nc(-c4cc5ccccc5cc4O)nc32)cc1C. The highest BCUT2D eigenvalue weighted by atomic mass is 16.3. The average Bonchev–Trinajstić information content (AvgIpc) is 3.39. The zero-order chi connectivity index (χ0) is 21.1. The fourth-order valence-corrected chi connectivity index (χ4v) is 3.89. The summed E-state index contributed by atoms with van der Waals surface area (Å²) in [6.45, 7) is 4.17. The molecule has 3 aromatic carbocycles. The second-order valence-corrected chi connectivity index (χ2v) is 7.73. The Balaban J connectivity index is 1.53. The molecule has 6 rings (SSSR count). The van der Waals surface area contributed by atoms with E-state index >= 15 is 0 Å². The van der Waals surface area contributed by atoms with E-state index in [1.807, 2.05) is 41.1 Å². The van der Waals surface area contributed by atoms with Gasteiger partial charge >= 0.3 is 0 Å². The predicted molar refractivity (Wildman–Crippen MR) is 119 cm³/mol. The summed E-state index contributed by atoms with van der Waals surface area (Å²) >= 11 is 0. The highest BCUT2D eigenvalue weighted by Gasteiger charge is 2.17.